The van der Waals surface area contributed by atoms with Crippen molar-refractivity contribution in [1.29, 1.82) is 0 Å². The smallest absolute Gasteiger partial charge is 0.251 e. The van der Waals surface area contributed by atoms with E-state index in [2.05, 4.69) is 17.6 Å². The summed E-state index contributed by atoms with van der Waals surface area (Å²) in [6.07, 6.45) is 4.39. The zero-order chi connectivity index (χ0) is 17.2. The highest BCUT2D eigenvalue weighted by Gasteiger charge is 2.07. The number of nitrogens with one attached hydrogen (secondary N) is 2. The number of carbonyl (C=O) groups is 3. The highest BCUT2D eigenvalue weighted by atomic mass is 16.2. The molecular formula is C18H24N2O3. The summed E-state index contributed by atoms with van der Waals surface area (Å²) < 4.78 is 0. The lowest BCUT2D eigenvalue weighted by molar-refractivity contribution is -0.117. The maximum absolute atomic E-state index is 12.0. The van der Waals surface area contributed by atoms with E-state index in [1.54, 1.807) is 31.2 Å². The largest absolute Gasteiger partial charge is 0.353 e. The Hall–Kier alpha value is -2.43. The van der Waals surface area contributed by atoms with E-state index in [-0.39, 0.29) is 17.6 Å². The van der Waals surface area contributed by atoms with Crippen molar-refractivity contribution >= 4 is 23.3 Å². The van der Waals surface area contributed by atoms with Crippen molar-refractivity contribution in [2.45, 2.75) is 40.0 Å². The number of benzene rings is 1. The predicted molar refractivity (Wildman–Crippen MR) is 91.4 cm³/mol. The third-order valence-electron chi connectivity index (χ3n) is 3.33. The topological polar surface area (TPSA) is 75.3 Å². The highest BCUT2D eigenvalue weighted by molar-refractivity contribution is 6.07. The van der Waals surface area contributed by atoms with E-state index < -0.39 is 0 Å². The molecule has 1 rings (SSSR count). The summed E-state index contributed by atoms with van der Waals surface area (Å²) in [6, 6.07) is 6.62. The van der Waals surface area contributed by atoms with Gasteiger partial charge in [-0.25, -0.2) is 0 Å². The van der Waals surface area contributed by atoms with Gasteiger partial charge in [-0.05, 0) is 44.5 Å². The molecule has 0 radical (unpaired) electrons. The number of Topliss-reactive ketones (excluding diaryl/α,β-unsaturated/α-hetero) is 1. The van der Waals surface area contributed by atoms with Crippen LogP contribution >= 0.6 is 0 Å². The monoisotopic (exact) mass is 316 g/mol. The molecule has 5 heteroatoms. The molecule has 0 atom stereocenters. The Kier molecular flexibility index (Phi) is 7.74. The van der Waals surface area contributed by atoms with Crippen molar-refractivity contribution in [2.24, 2.45) is 0 Å². The molecule has 0 unspecified atom stereocenters. The number of hydrogen-bond donors (Lipinski definition) is 2. The minimum atomic E-state index is -0.343. The van der Waals surface area contributed by atoms with Gasteiger partial charge in [-0.2, -0.15) is 0 Å². The van der Waals surface area contributed by atoms with Gasteiger partial charge in [0, 0.05) is 29.4 Å². The number of anilines is 1. The summed E-state index contributed by atoms with van der Waals surface area (Å²) in [5.41, 5.74) is 1.49. The summed E-state index contributed by atoms with van der Waals surface area (Å²) in [5.74, 6) is -0.635. The van der Waals surface area contributed by atoms with E-state index in [4.69, 9.17) is 0 Å². The van der Waals surface area contributed by atoms with Crippen LogP contribution in [0.5, 0.6) is 0 Å². The third kappa shape index (κ3) is 6.91. The normalized spacial score (nSPS) is 11.0. The molecule has 0 aliphatic heterocycles. The highest BCUT2D eigenvalue weighted by Crippen LogP contribution is 2.11. The summed E-state index contributed by atoms with van der Waals surface area (Å²) in [5, 5.41) is 5.45. The first-order valence-corrected chi connectivity index (χ1v) is 7.82. The van der Waals surface area contributed by atoms with Crippen LogP contribution in [0, 0.1) is 0 Å². The molecule has 0 aliphatic carbocycles. The summed E-state index contributed by atoms with van der Waals surface area (Å²) in [6.45, 7) is 5.79. The van der Waals surface area contributed by atoms with Crippen molar-refractivity contribution in [1.82, 2.24) is 5.32 Å². The molecule has 5 nitrogen and oxygen atoms in total. The zero-order valence-corrected chi connectivity index (χ0v) is 13.9. The minimum absolute atomic E-state index is 0.0290. The molecule has 0 saturated carbocycles. The van der Waals surface area contributed by atoms with Crippen molar-refractivity contribution in [3.8, 4) is 0 Å². The fraction of sp³-hybridized carbons (Fsp3) is 0.389. The molecule has 0 saturated heterocycles. The molecule has 124 valence electrons. The van der Waals surface area contributed by atoms with Crippen molar-refractivity contribution in [2.75, 3.05) is 11.9 Å². The van der Waals surface area contributed by atoms with Gasteiger partial charge in [0.1, 0.15) is 0 Å². The fourth-order valence-electron chi connectivity index (χ4n) is 1.92. The Morgan fingerprint density at radius 2 is 1.70 bits per heavy atom. The molecular weight excluding hydrogens is 292 g/mol. The van der Waals surface area contributed by atoms with Gasteiger partial charge in [-0.15, -0.1) is 0 Å². The Bertz CT molecular complexity index is 589. The molecule has 0 aromatic heterocycles. The molecule has 0 spiro atoms. The average Bonchev–Trinajstić information content (AvgIpc) is 2.52. The number of unbranched alkanes of at least 4 members (excludes halogenated alkanes) is 2. The SMILES string of the molecule is CCCCCNC(=O)/C=C(/C)C(=O)Nc1ccc(C(C)=O)cc1. The van der Waals surface area contributed by atoms with Gasteiger partial charge in [0.05, 0.1) is 0 Å². The van der Waals surface area contributed by atoms with Gasteiger partial charge in [0.25, 0.3) is 5.91 Å². The second-order valence-corrected chi connectivity index (χ2v) is 5.41. The van der Waals surface area contributed by atoms with Crippen LogP contribution in [0.25, 0.3) is 0 Å². The Balaban J connectivity index is 2.53. The first-order chi connectivity index (χ1) is 10.9. The number of rotatable bonds is 8. The third-order valence-corrected chi connectivity index (χ3v) is 3.33. The first-order valence-electron chi connectivity index (χ1n) is 7.82. The van der Waals surface area contributed by atoms with Gasteiger partial charge < -0.3 is 10.6 Å². The van der Waals surface area contributed by atoms with E-state index in [0.29, 0.717) is 23.4 Å². The van der Waals surface area contributed by atoms with E-state index in [1.165, 1.54) is 13.0 Å². The lowest BCUT2D eigenvalue weighted by Crippen LogP contribution is -2.24. The number of ketones is 1. The van der Waals surface area contributed by atoms with Crippen LogP contribution in [0.15, 0.2) is 35.9 Å². The van der Waals surface area contributed by atoms with Crippen molar-refractivity contribution in [3.05, 3.63) is 41.5 Å². The fourth-order valence-corrected chi connectivity index (χ4v) is 1.92. The predicted octanol–water partition coefficient (Wildman–Crippen LogP) is 3.08. The molecule has 0 fully saturated rings. The minimum Gasteiger partial charge on any atom is -0.353 e. The van der Waals surface area contributed by atoms with Crippen LogP contribution in [0.1, 0.15) is 50.4 Å². The molecule has 0 aliphatic rings. The molecule has 2 amide bonds. The maximum atomic E-state index is 12.0. The van der Waals surface area contributed by atoms with E-state index >= 15 is 0 Å². The van der Waals surface area contributed by atoms with Crippen molar-refractivity contribution < 1.29 is 14.4 Å². The molecule has 0 heterocycles. The number of carbonyl (C=O) groups excluding carboxylic acids is 3. The van der Waals surface area contributed by atoms with Crippen molar-refractivity contribution in [3.63, 3.8) is 0 Å². The lowest BCUT2D eigenvalue weighted by atomic mass is 10.1. The summed E-state index contributed by atoms with van der Waals surface area (Å²) >= 11 is 0. The van der Waals surface area contributed by atoms with Gasteiger partial charge in [0.15, 0.2) is 5.78 Å². The Morgan fingerprint density at radius 1 is 1.04 bits per heavy atom. The molecule has 1 aromatic rings. The van der Waals surface area contributed by atoms with Crippen LogP contribution in [-0.4, -0.2) is 24.1 Å². The van der Waals surface area contributed by atoms with Crippen LogP contribution < -0.4 is 10.6 Å². The molecule has 1 aromatic carbocycles. The summed E-state index contributed by atoms with van der Waals surface area (Å²) in [4.78, 5) is 34.9. The maximum Gasteiger partial charge on any atom is 0.251 e. The second-order valence-electron chi connectivity index (χ2n) is 5.41. The van der Waals surface area contributed by atoms with Crippen LogP contribution in [-0.2, 0) is 9.59 Å². The molecule has 2 N–H and O–H groups in total. The van der Waals surface area contributed by atoms with Crippen LogP contribution in [0.3, 0.4) is 0 Å². The van der Waals surface area contributed by atoms with Gasteiger partial charge >= 0.3 is 0 Å². The van der Waals surface area contributed by atoms with Crippen LogP contribution in [0.2, 0.25) is 0 Å². The lowest BCUT2D eigenvalue weighted by Gasteiger charge is -2.06. The first kappa shape index (κ1) is 18.6. The quantitative estimate of drug-likeness (QED) is 0.439. The molecule has 0 bridgehead atoms. The zero-order valence-electron chi connectivity index (χ0n) is 13.9. The standard InChI is InChI=1S/C18H24N2O3/c1-4-5-6-11-19-17(22)12-13(2)18(23)20-16-9-7-15(8-10-16)14(3)21/h7-10,12H,4-6,11H2,1-3H3,(H,19,22)(H,20,23)/b13-12-. The Morgan fingerprint density at radius 3 is 2.26 bits per heavy atom. The summed E-state index contributed by atoms with van der Waals surface area (Å²) in [7, 11) is 0. The van der Waals surface area contributed by atoms with E-state index in [9.17, 15) is 14.4 Å². The van der Waals surface area contributed by atoms with Gasteiger partial charge in [-0.3, -0.25) is 14.4 Å². The van der Waals surface area contributed by atoms with Gasteiger partial charge in [-0.1, -0.05) is 19.8 Å². The second kappa shape index (κ2) is 9.56. The average molecular weight is 316 g/mol. The van der Waals surface area contributed by atoms with Crippen LogP contribution in [0.4, 0.5) is 5.69 Å². The molecule has 23 heavy (non-hydrogen) atoms. The van der Waals surface area contributed by atoms with E-state index in [1.807, 2.05) is 0 Å². The Labute approximate surface area is 137 Å². The number of hydrogen-bond acceptors (Lipinski definition) is 3. The number of amides is 2. The van der Waals surface area contributed by atoms with Gasteiger partial charge in [0.2, 0.25) is 5.91 Å². The van der Waals surface area contributed by atoms with E-state index in [0.717, 1.165) is 19.3 Å².